The first-order valence-electron chi connectivity index (χ1n) is 11.4. The lowest BCUT2D eigenvalue weighted by Gasteiger charge is -2.45. The second-order valence-corrected chi connectivity index (χ2v) is 8.96. The van der Waals surface area contributed by atoms with Crippen LogP contribution in [-0.4, -0.2) is 0 Å². The van der Waals surface area contributed by atoms with Crippen LogP contribution in [0.25, 0.3) is 0 Å². The molecule has 0 amide bonds. The molecule has 0 bridgehead atoms. The van der Waals surface area contributed by atoms with Gasteiger partial charge in [-0.1, -0.05) is 113 Å². The highest BCUT2D eigenvalue weighted by molar-refractivity contribution is 4.88. The zero-order chi connectivity index (χ0) is 18.6. The second-order valence-electron chi connectivity index (χ2n) is 8.96. The van der Waals surface area contributed by atoms with E-state index in [-0.39, 0.29) is 0 Å². The van der Waals surface area contributed by atoms with E-state index in [1.165, 1.54) is 70.6 Å². The Balaban J connectivity index is 4.90. The molecule has 0 aliphatic rings. The largest absolute Gasteiger partial charge is 0.0654 e. The topological polar surface area (TPSA) is 0 Å². The molecule has 0 heterocycles. The summed E-state index contributed by atoms with van der Waals surface area (Å²) < 4.78 is 0. The summed E-state index contributed by atoms with van der Waals surface area (Å²) in [4.78, 5) is 0. The molecular formula is C24H50. The molecule has 0 heteroatoms. The Morgan fingerprint density at radius 1 is 0.667 bits per heavy atom. The van der Waals surface area contributed by atoms with Crippen molar-refractivity contribution in [3.63, 3.8) is 0 Å². The highest BCUT2D eigenvalue weighted by atomic mass is 14.4. The predicted octanol–water partition coefficient (Wildman–Crippen LogP) is 8.89. The van der Waals surface area contributed by atoms with Crippen LogP contribution in [0.2, 0.25) is 0 Å². The van der Waals surface area contributed by atoms with Crippen molar-refractivity contribution in [2.75, 3.05) is 0 Å². The molecule has 146 valence electrons. The third kappa shape index (κ3) is 7.92. The number of rotatable bonds is 15. The van der Waals surface area contributed by atoms with E-state index in [9.17, 15) is 0 Å². The van der Waals surface area contributed by atoms with Gasteiger partial charge in [-0.3, -0.25) is 0 Å². The van der Waals surface area contributed by atoms with Crippen LogP contribution in [-0.2, 0) is 0 Å². The van der Waals surface area contributed by atoms with Gasteiger partial charge in [-0.15, -0.1) is 0 Å². The second kappa shape index (κ2) is 13.2. The Hall–Kier alpha value is 0. The van der Waals surface area contributed by atoms with Crippen LogP contribution in [0.3, 0.4) is 0 Å². The molecule has 0 aromatic rings. The Labute approximate surface area is 155 Å². The van der Waals surface area contributed by atoms with Crippen LogP contribution in [0, 0.1) is 29.1 Å². The molecule has 4 unspecified atom stereocenters. The van der Waals surface area contributed by atoms with Crippen LogP contribution >= 0.6 is 0 Å². The fourth-order valence-electron chi connectivity index (χ4n) is 4.93. The molecule has 0 fully saturated rings. The molecule has 0 saturated heterocycles. The highest BCUT2D eigenvalue weighted by Gasteiger charge is 2.38. The van der Waals surface area contributed by atoms with Crippen molar-refractivity contribution in [2.45, 2.75) is 126 Å². The van der Waals surface area contributed by atoms with Crippen LogP contribution in [0.1, 0.15) is 126 Å². The molecule has 0 radical (unpaired) electrons. The standard InChI is InChI=1S/C24H50/c1-9-14-18-23(22(8)11-3)24(12-4,13-5)19-21(7)17-15-16-20(6)10-2/h20-23H,9-19H2,1-8H3. The van der Waals surface area contributed by atoms with E-state index in [1.807, 2.05) is 0 Å². The molecule has 4 atom stereocenters. The van der Waals surface area contributed by atoms with Crippen molar-refractivity contribution in [1.29, 1.82) is 0 Å². The first-order valence-corrected chi connectivity index (χ1v) is 11.4. The van der Waals surface area contributed by atoms with E-state index in [4.69, 9.17) is 0 Å². The monoisotopic (exact) mass is 338 g/mol. The van der Waals surface area contributed by atoms with Crippen molar-refractivity contribution >= 4 is 0 Å². The maximum atomic E-state index is 2.53. The average molecular weight is 339 g/mol. The zero-order valence-corrected chi connectivity index (χ0v) is 18.6. The first kappa shape index (κ1) is 24.0. The zero-order valence-electron chi connectivity index (χ0n) is 18.6. The summed E-state index contributed by atoms with van der Waals surface area (Å²) in [5, 5.41) is 0. The van der Waals surface area contributed by atoms with E-state index in [2.05, 4.69) is 55.4 Å². The summed E-state index contributed by atoms with van der Waals surface area (Å²) in [6.07, 6.45) is 15.4. The quantitative estimate of drug-likeness (QED) is 0.279. The van der Waals surface area contributed by atoms with Gasteiger partial charge >= 0.3 is 0 Å². The Kier molecular flexibility index (Phi) is 13.2. The average Bonchev–Trinajstić information content (AvgIpc) is 2.60. The number of hydrogen-bond donors (Lipinski definition) is 0. The first-order chi connectivity index (χ1) is 11.4. The molecule has 0 aromatic carbocycles. The van der Waals surface area contributed by atoms with Crippen molar-refractivity contribution < 1.29 is 0 Å². The van der Waals surface area contributed by atoms with Gasteiger partial charge < -0.3 is 0 Å². The van der Waals surface area contributed by atoms with Gasteiger partial charge in [0.1, 0.15) is 0 Å². The lowest BCUT2D eigenvalue weighted by molar-refractivity contribution is 0.0522. The van der Waals surface area contributed by atoms with Crippen LogP contribution in [0.5, 0.6) is 0 Å². The van der Waals surface area contributed by atoms with E-state index < -0.39 is 0 Å². The van der Waals surface area contributed by atoms with Gasteiger partial charge in [-0.2, -0.15) is 0 Å². The summed E-state index contributed by atoms with van der Waals surface area (Å²) in [5.74, 6) is 3.61. The molecule has 0 aliphatic heterocycles. The number of unbranched alkanes of at least 4 members (excludes halogenated alkanes) is 1. The lowest BCUT2D eigenvalue weighted by atomic mass is 9.60. The molecule has 0 nitrogen and oxygen atoms in total. The van der Waals surface area contributed by atoms with E-state index in [0.29, 0.717) is 5.41 Å². The van der Waals surface area contributed by atoms with Crippen molar-refractivity contribution in [1.82, 2.24) is 0 Å². The molecular weight excluding hydrogens is 288 g/mol. The molecule has 0 N–H and O–H groups in total. The smallest absolute Gasteiger partial charge is 0.0269 e. The molecule has 0 spiro atoms. The maximum Gasteiger partial charge on any atom is -0.0269 e. The minimum absolute atomic E-state index is 0.584. The molecule has 24 heavy (non-hydrogen) atoms. The fraction of sp³-hybridized carbons (Fsp3) is 1.00. The summed E-state index contributed by atoms with van der Waals surface area (Å²) in [5.41, 5.74) is 0.584. The van der Waals surface area contributed by atoms with E-state index in [1.54, 1.807) is 0 Å². The predicted molar refractivity (Wildman–Crippen MR) is 113 cm³/mol. The van der Waals surface area contributed by atoms with Gasteiger partial charge in [-0.05, 0) is 41.9 Å². The third-order valence-electron chi connectivity index (χ3n) is 7.24. The van der Waals surface area contributed by atoms with E-state index >= 15 is 0 Å². The molecule has 0 saturated carbocycles. The SMILES string of the molecule is CCCCC(C(C)CC)C(CC)(CC)CC(C)CCCC(C)CC. The van der Waals surface area contributed by atoms with Gasteiger partial charge in [0.05, 0.1) is 0 Å². The molecule has 0 rings (SSSR count). The van der Waals surface area contributed by atoms with Gasteiger partial charge in [0.2, 0.25) is 0 Å². The maximum absolute atomic E-state index is 2.53. The Bertz CT molecular complexity index is 276. The van der Waals surface area contributed by atoms with Crippen LogP contribution in [0.4, 0.5) is 0 Å². The Morgan fingerprint density at radius 3 is 1.71 bits per heavy atom. The summed E-state index contributed by atoms with van der Waals surface area (Å²) in [7, 11) is 0. The van der Waals surface area contributed by atoms with Gasteiger partial charge in [-0.25, -0.2) is 0 Å². The van der Waals surface area contributed by atoms with Gasteiger partial charge in [0.15, 0.2) is 0 Å². The van der Waals surface area contributed by atoms with Crippen molar-refractivity contribution in [2.24, 2.45) is 29.1 Å². The molecule has 0 aliphatic carbocycles. The fourth-order valence-corrected chi connectivity index (χ4v) is 4.93. The van der Waals surface area contributed by atoms with Gasteiger partial charge in [0, 0.05) is 0 Å². The third-order valence-corrected chi connectivity index (χ3v) is 7.24. The summed E-state index contributed by atoms with van der Waals surface area (Å²) >= 11 is 0. The van der Waals surface area contributed by atoms with E-state index in [0.717, 1.165) is 23.7 Å². The van der Waals surface area contributed by atoms with Crippen LogP contribution < -0.4 is 0 Å². The number of hydrogen-bond acceptors (Lipinski definition) is 0. The minimum atomic E-state index is 0.584. The summed E-state index contributed by atoms with van der Waals surface area (Å²) in [6.45, 7) is 19.5. The minimum Gasteiger partial charge on any atom is -0.0654 e. The van der Waals surface area contributed by atoms with Crippen molar-refractivity contribution in [3.05, 3.63) is 0 Å². The van der Waals surface area contributed by atoms with Gasteiger partial charge in [0.25, 0.3) is 0 Å². The van der Waals surface area contributed by atoms with Crippen molar-refractivity contribution in [3.8, 4) is 0 Å². The highest BCUT2D eigenvalue weighted by Crippen LogP contribution is 2.48. The Morgan fingerprint density at radius 2 is 1.25 bits per heavy atom. The normalized spacial score (nSPS) is 17.5. The molecule has 0 aromatic heterocycles. The summed E-state index contributed by atoms with van der Waals surface area (Å²) in [6, 6.07) is 0. The lowest BCUT2D eigenvalue weighted by Crippen LogP contribution is -2.35. The van der Waals surface area contributed by atoms with Crippen LogP contribution in [0.15, 0.2) is 0 Å².